The predicted octanol–water partition coefficient (Wildman–Crippen LogP) is 18.7. The first-order valence-electron chi connectivity index (χ1n) is 27.8. The molecule has 0 aliphatic carbocycles. The molecule has 0 aromatic heterocycles. The fraction of sp³-hybridized carbons (Fsp3) is 0.705. The quantitative estimate of drug-likeness (QED) is 0.0374. The molecule has 0 saturated carbocycles. The lowest BCUT2D eigenvalue weighted by atomic mass is 10.0. The molecular formula is C61H104O5. The Hall–Kier alpha value is -3.18. The second-order valence-electron chi connectivity index (χ2n) is 18.2. The summed E-state index contributed by atoms with van der Waals surface area (Å²) in [7, 11) is 0. The molecule has 1 unspecified atom stereocenters. The first-order chi connectivity index (χ1) is 32.6. The Balaban J connectivity index is 3.46. The van der Waals surface area contributed by atoms with E-state index in [1.807, 2.05) is 0 Å². The van der Waals surface area contributed by atoms with Crippen LogP contribution in [0.3, 0.4) is 0 Å². The Labute approximate surface area is 408 Å². The Morgan fingerprint density at radius 3 is 0.909 bits per heavy atom. The van der Waals surface area contributed by atoms with Crippen molar-refractivity contribution in [2.75, 3.05) is 13.2 Å². The number of carbonyl (C=O) groups excluding carboxylic acids is 2. The lowest BCUT2D eigenvalue weighted by Crippen LogP contribution is -2.28. The largest absolute Gasteiger partial charge is 0.462 e. The summed E-state index contributed by atoms with van der Waals surface area (Å²) >= 11 is 0. The highest BCUT2D eigenvalue weighted by Gasteiger charge is 2.16. The minimum absolute atomic E-state index is 0.0803. The summed E-state index contributed by atoms with van der Waals surface area (Å²) in [5, 5.41) is 9.63. The highest BCUT2D eigenvalue weighted by atomic mass is 16.6. The standard InChI is InChI=1S/C61H104O5/c1-3-5-7-9-11-13-15-17-19-21-22-23-24-25-26-27-28-29-30-31-32-33-34-35-36-37-38-40-42-44-46-48-50-52-54-56-61(64)66-59(57-62)58-65-60(63)55-53-51-49-47-45-43-41-39-20-18-16-14-12-10-8-6-4-2/h5-8,11-14,17-20,22-23,41,43,59,62H,3-4,9-10,15-16,21,24-40,42,44-58H2,1-2H3/b7-5-,8-6-,13-11-,14-12-,19-17-,20-18-,23-22-,43-41-. The van der Waals surface area contributed by atoms with Gasteiger partial charge in [0.2, 0.25) is 0 Å². The van der Waals surface area contributed by atoms with Crippen LogP contribution in [0.2, 0.25) is 0 Å². The summed E-state index contributed by atoms with van der Waals surface area (Å²) < 4.78 is 10.7. The fourth-order valence-electron chi connectivity index (χ4n) is 7.77. The molecule has 0 saturated heterocycles. The van der Waals surface area contributed by atoms with Gasteiger partial charge in [0.05, 0.1) is 6.61 Å². The van der Waals surface area contributed by atoms with Crippen LogP contribution in [0.25, 0.3) is 0 Å². The normalized spacial score (nSPS) is 13.0. The van der Waals surface area contributed by atoms with Crippen LogP contribution >= 0.6 is 0 Å². The number of hydrogen-bond acceptors (Lipinski definition) is 5. The zero-order chi connectivity index (χ0) is 47.7. The number of esters is 2. The van der Waals surface area contributed by atoms with E-state index < -0.39 is 6.10 Å². The van der Waals surface area contributed by atoms with Gasteiger partial charge in [0.15, 0.2) is 6.10 Å². The highest BCUT2D eigenvalue weighted by Crippen LogP contribution is 2.16. The molecule has 1 N–H and O–H groups in total. The summed E-state index contributed by atoms with van der Waals surface area (Å²) in [6.45, 7) is 3.90. The molecule has 1 atom stereocenters. The monoisotopic (exact) mass is 917 g/mol. The topological polar surface area (TPSA) is 72.8 Å². The molecule has 0 amide bonds. The SMILES string of the molecule is CC/C=C\C/C=C\C/C=C\C/C=C\CCCCCCCCCCCCCCCCCCCCCCCCC(=O)OC(CO)COC(=O)CCCCCC/C=C\C/C=C\C/C=C\C/C=C\CC. The van der Waals surface area contributed by atoms with E-state index >= 15 is 0 Å². The van der Waals surface area contributed by atoms with Gasteiger partial charge in [0.25, 0.3) is 0 Å². The summed E-state index contributed by atoms with van der Waals surface area (Å²) in [5.41, 5.74) is 0. The first kappa shape index (κ1) is 62.8. The molecule has 0 aliphatic rings. The Bertz CT molecular complexity index is 1270. The zero-order valence-corrected chi connectivity index (χ0v) is 43.2. The maximum atomic E-state index is 12.3. The van der Waals surface area contributed by atoms with Crippen LogP contribution in [-0.2, 0) is 19.1 Å². The summed E-state index contributed by atoms with van der Waals surface area (Å²) in [6.07, 6.45) is 79.6. The lowest BCUT2D eigenvalue weighted by molar-refractivity contribution is -0.161. The van der Waals surface area contributed by atoms with Crippen molar-refractivity contribution in [2.24, 2.45) is 0 Å². The lowest BCUT2D eigenvalue weighted by Gasteiger charge is -2.15. The molecular weight excluding hydrogens is 813 g/mol. The third-order valence-corrected chi connectivity index (χ3v) is 11.9. The van der Waals surface area contributed by atoms with E-state index in [-0.39, 0.29) is 25.2 Å². The second-order valence-corrected chi connectivity index (χ2v) is 18.2. The van der Waals surface area contributed by atoms with Crippen molar-refractivity contribution in [1.82, 2.24) is 0 Å². The summed E-state index contributed by atoms with van der Waals surface area (Å²) in [6, 6.07) is 0. The van der Waals surface area contributed by atoms with Crippen LogP contribution in [0.4, 0.5) is 0 Å². The van der Waals surface area contributed by atoms with Gasteiger partial charge in [-0.15, -0.1) is 0 Å². The van der Waals surface area contributed by atoms with Crippen molar-refractivity contribution < 1.29 is 24.2 Å². The summed E-state index contributed by atoms with van der Waals surface area (Å²) in [5.74, 6) is -0.614. The zero-order valence-electron chi connectivity index (χ0n) is 43.2. The van der Waals surface area contributed by atoms with Gasteiger partial charge in [-0.2, -0.15) is 0 Å². The minimum atomic E-state index is -0.786. The molecule has 5 heteroatoms. The molecule has 0 heterocycles. The van der Waals surface area contributed by atoms with E-state index in [2.05, 4.69) is 111 Å². The van der Waals surface area contributed by atoms with Crippen LogP contribution in [0, 0.1) is 0 Å². The van der Waals surface area contributed by atoms with Gasteiger partial charge >= 0.3 is 11.9 Å². The third-order valence-electron chi connectivity index (χ3n) is 11.9. The Morgan fingerprint density at radius 2 is 0.606 bits per heavy atom. The molecule has 0 aromatic carbocycles. The molecule has 0 aromatic rings. The minimum Gasteiger partial charge on any atom is -0.462 e. The number of allylic oxidation sites excluding steroid dienone is 16. The maximum Gasteiger partial charge on any atom is 0.306 e. The number of aliphatic hydroxyl groups excluding tert-OH is 1. The highest BCUT2D eigenvalue weighted by molar-refractivity contribution is 5.70. The predicted molar refractivity (Wildman–Crippen MR) is 288 cm³/mol. The number of ether oxygens (including phenoxy) is 2. The van der Waals surface area contributed by atoms with Gasteiger partial charge in [0.1, 0.15) is 6.61 Å². The Morgan fingerprint density at radius 1 is 0.348 bits per heavy atom. The van der Waals surface area contributed by atoms with Crippen LogP contribution in [-0.4, -0.2) is 36.4 Å². The molecule has 0 aliphatic heterocycles. The number of rotatable bonds is 50. The third kappa shape index (κ3) is 53.4. The van der Waals surface area contributed by atoms with Crippen molar-refractivity contribution in [2.45, 2.75) is 264 Å². The smallest absolute Gasteiger partial charge is 0.306 e. The molecule has 0 spiro atoms. The van der Waals surface area contributed by atoms with E-state index in [4.69, 9.17) is 9.47 Å². The molecule has 66 heavy (non-hydrogen) atoms. The fourth-order valence-corrected chi connectivity index (χ4v) is 7.77. The number of aliphatic hydroxyl groups is 1. The van der Waals surface area contributed by atoms with Crippen molar-refractivity contribution in [3.05, 3.63) is 97.2 Å². The van der Waals surface area contributed by atoms with Crippen LogP contribution in [0.15, 0.2) is 97.2 Å². The summed E-state index contributed by atoms with van der Waals surface area (Å²) in [4.78, 5) is 24.5. The number of carbonyl (C=O) groups is 2. The number of unbranched alkanes of at least 4 members (excludes halogenated alkanes) is 26. The Kier molecular flexibility index (Phi) is 53.4. The van der Waals surface area contributed by atoms with Crippen LogP contribution < -0.4 is 0 Å². The molecule has 0 bridgehead atoms. The second kappa shape index (κ2) is 56.1. The van der Waals surface area contributed by atoms with E-state index in [9.17, 15) is 14.7 Å². The maximum absolute atomic E-state index is 12.3. The molecule has 0 fully saturated rings. The average molecular weight is 917 g/mol. The average Bonchev–Trinajstić information content (AvgIpc) is 3.32. The van der Waals surface area contributed by atoms with Crippen LogP contribution in [0.5, 0.6) is 0 Å². The van der Waals surface area contributed by atoms with Gasteiger partial charge in [0, 0.05) is 12.8 Å². The van der Waals surface area contributed by atoms with E-state index in [1.54, 1.807) is 0 Å². The van der Waals surface area contributed by atoms with E-state index in [0.717, 1.165) is 103 Å². The van der Waals surface area contributed by atoms with Crippen LogP contribution in [0.1, 0.15) is 258 Å². The number of hydrogen-bond donors (Lipinski definition) is 1. The first-order valence-corrected chi connectivity index (χ1v) is 27.8. The van der Waals surface area contributed by atoms with Crippen molar-refractivity contribution in [3.63, 3.8) is 0 Å². The molecule has 5 nitrogen and oxygen atoms in total. The molecule has 378 valence electrons. The molecule has 0 rings (SSSR count). The van der Waals surface area contributed by atoms with Gasteiger partial charge in [-0.05, 0) is 89.9 Å². The van der Waals surface area contributed by atoms with Gasteiger partial charge in [-0.25, -0.2) is 0 Å². The van der Waals surface area contributed by atoms with Crippen molar-refractivity contribution in [1.29, 1.82) is 0 Å². The van der Waals surface area contributed by atoms with Gasteiger partial charge in [-0.3, -0.25) is 9.59 Å². The van der Waals surface area contributed by atoms with E-state index in [1.165, 1.54) is 128 Å². The van der Waals surface area contributed by atoms with E-state index in [0.29, 0.717) is 12.8 Å². The van der Waals surface area contributed by atoms with Gasteiger partial charge in [-0.1, -0.05) is 252 Å². The van der Waals surface area contributed by atoms with Crippen molar-refractivity contribution >= 4 is 11.9 Å². The van der Waals surface area contributed by atoms with Crippen molar-refractivity contribution in [3.8, 4) is 0 Å². The molecule has 0 radical (unpaired) electrons. The van der Waals surface area contributed by atoms with Gasteiger partial charge < -0.3 is 14.6 Å².